The zero-order valence-corrected chi connectivity index (χ0v) is 16.6. The van der Waals surface area contributed by atoms with E-state index < -0.39 is 22.6 Å². The molecule has 0 bridgehead atoms. The summed E-state index contributed by atoms with van der Waals surface area (Å²) in [4.78, 5) is 44.2. The van der Waals surface area contributed by atoms with E-state index >= 15 is 0 Å². The molecule has 144 valence electrons. The average molecular weight is 388 g/mol. The maximum atomic E-state index is 13.6. The molecule has 1 aliphatic rings. The number of hydrogen-bond acceptors (Lipinski definition) is 5. The van der Waals surface area contributed by atoms with Crippen molar-refractivity contribution in [3.8, 4) is 0 Å². The molecular weight excluding hydrogens is 364 g/mol. The average Bonchev–Trinajstić information content (AvgIpc) is 3.23. The van der Waals surface area contributed by atoms with Crippen LogP contribution in [0, 0.1) is 5.41 Å². The van der Waals surface area contributed by atoms with Crippen molar-refractivity contribution in [2.45, 2.75) is 39.0 Å². The molecule has 0 radical (unpaired) electrons. The highest BCUT2D eigenvalue weighted by atomic mass is 32.1. The van der Waals surface area contributed by atoms with Gasteiger partial charge >= 0.3 is 0 Å². The monoisotopic (exact) mass is 388 g/mol. The van der Waals surface area contributed by atoms with Gasteiger partial charge in [0.2, 0.25) is 11.8 Å². The summed E-state index contributed by atoms with van der Waals surface area (Å²) in [5.74, 6) is -1.66. The number of fused-ring (bicyclic) bond motifs is 1. The number of aromatic nitrogens is 1. The van der Waals surface area contributed by atoms with E-state index in [1.807, 2.05) is 20.8 Å². The van der Waals surface area contributed by atoms with Crippen LogP contribution in [-0.4, -0.2) is 40.7 Å². The number of rotatable bonds is 4. The Balaban J connectivity index is 2.34. The van der Waals surface area contributed by atoms with Crippen molar-refractivity contribution in [2.75, 3.05) is 13.1 Å². The summed E-state index contributed by atoms with van der Waals surface area (Å²) >= 11 is 1.14. The molecule has 8 heteroatoms. The number of benzene rings is 1. The Kier molecular flexibility index (Phi) is 4.71. The van der Waals surface area contributed by atoms with Crippen LogP contribution in [0.25, 0.3) is 10.2 Å². The Labute approximate surface area is 161 Å². The number of nitrogens with zero attached hydrogens (tertiary/aromatic N) is 2. The van der Waals surface area contributed by atoms with Crippen molar-refractivity contribution in [1.82, 2.24) is 9.88 Å². The van der Waals surface area contributed by atoms with Gasteiger partial charge < -0.3 is 16.4 Å². The Morgan fingerprint density at radius 3 is 2.26 bits per heavy atom. The Morgan fingerprint density at radius 2 is 1.74 bits per heavy atom. The maximum absolute atomic E-state index is 13.6. The van der Waals surface area contributed by atoms with Crippen LogP contribution < -0.4 is 11.5 Å². The molecule has 0 aliphatic carbocycles. The smallest absolute Gasteiger partial charge is 0.277 e. The molecule has 1 saturated heterocycles. The van der Waals surface area contributed by atoms with Gasteiger partial charge in [-0.2, -0.15) is 0 Å². The van der Waals surface area contributed by atoms with Crippen molar-refractivity contribution in [2.24, 2.45) is 16.9 Å². The second kappa shape index (κ2) is 6.60. The third-order valence-corrected chi connectivity index (χ3v) is 6.28. The van der Waals surface area contributed by atoms with E-state index in [-0.39, 0.29) is 10.9 Å². The van der Waals surface area contributed by atoms with Crippen LogP contribution in [0.3, 0.4) is 0 Å². The first-order valence-corrected chi connectivity index (χ1v) is 9.71. The number of amides is 3. The SMILES string of the molecule is CC(C)(C)C(C(N)=O)(C(=O)N1CCCC1)c1cccc2sc(C(N)=O)nc12. The van der Waals surface area contributed by atoms with Gasteiger partial charge in [0.1, 0.15) is 0 Å². The Hall–Kier alpha value is -2.48. The number of carbonyl (C=O) groups excluding carboxylic acids is 3. The van der Waals surface area contributed by atoms with Gasteiger partial charge in [-0.05, 0) is 24.3 Å². The van der Waals surface area contributed by atoms with E-state index in [4.69, 9.17) is 11.5 Å². The lowest BCUT2D eigenvalue weighted by Gasteiger charge is -2.43. The summed E-state index contributed by atoms with van der Waals surface area (Å²) in [6, 6.07) is 5.25. The first kappa shape index (κ1) is 19.3. The lowest BCUT2D eigenvalue weighted by molar-refractivity contribution is -0.148. The number of para-hydroxylation sites is 1. The molecular formula is C19H24N4O3S. The zero-order chi connectivity index (χ0) is 20.0. The van der Waals surface area contributed by atoms with Gasteiger partial charge in [0, 0.05) is 18.7 Å². The minimum Gasteiger partial charge on any atom is -0.368 e. The normalized spacial score (nSPS) is 17.1. The molecule has 3 amide bonds. The van der Waals surface area contributed by atoms with Crippen LogP contribution >= 0.6 is 11.3 Å². The van der Waals surface area contributed by atoms with Gasteiger partial charge in [-0.25, -0.2) is 4.98 Å². The number of carbonyl (C=O) groups is 3. The molecule has 1 atom stereocenters. The summed E-state index contributed by atoms with van der Waals surface area (Å²) in [5.41, 5.74) is 9.76. The fourth-order valence-electron chi connectivity index (χ4n) is 3.96. The van der Waals surface area contributed by atoms with E-state index in [0.717, 1.165) is 24.2 Å². The first-order valence-electron chi connectivity index (χ1n) is 8.90. The highest BCUT2D eigenvalue weighted by Crippen LogP contribution is 2.46. The number of nitrogens with two attached hydrogens (primary N) is 2. The van der Waals surface area contributed by atoms with Crippen molar-refractivity contribution >= 4 is 39.3 Å². The van der Waals surface area contributed by atoms with Gasteiger partial charge in [0.15, 0.2) is 10.4 Å². The number of likely N-dealkylation sites (tertiary alicyclic amines) is 1. The maximum Gasteiger partial charge on any atom is 0.277 e. The standard InChI is InChI=1S/C19H24N4O3S/c1-18(2,3)19(16(21)25,17(26)23-9-4-5-10-23)11-7-6-8-12-13(11)22-15(27-12)14(20)24/h6-8H,4-5,9-10H2,1-3H3,(H2,20,24)(H2,21,25). The van der Waals surface area contributed by atoms with Crippen LogP contribution in [-0.2, 0) is 15.0 Å². The predicted octanol–water partition coefficient (Wildman–Crippen LogP) is 1.79. The Morgan fingerprint density at radius 1 is 1.11 bits per heavy atom. The van der Waals surface area contributed by atoms with E-state index in [0.29, 0.717) is 28.9 Å². The highest BCUT2D eigenvalue weighted by molar-refractivity contribution is 7.20. The van der Waals surface area contributed by atoms with Crippen LogP contribution in [0.5, 0.6) is 0 Å². The predicted molar refractivity (Wildman–Crippen MR) is 104 cm³/mol. The Bertz CT molecular complexity index is 925. The summed E-state index contributed by atoms with van der Waals surface area (Å²) < 4.78 is 0.686. The van der Waals surface area contributed by atoms with E-state index in [1.54, 1.807) is 23.1 Å². The van der Waals surface area contributed by atoms with Crippen LogP contribution in [0.1, 0.15) is 49.0 Å². The molecule has 1 fully saturated rings. The lowest BCUT2D eigenvalue weighted by Crippen LogP contribution is -2.60. The minimum atomic E-state index is -1.60. The largest absolute Gasteiger partial charge is 0.368 e. The van der Waals surface area contributed by atoms with Gasteiger partial charge in [-0.1, -0.05) is 32.9 Å². The molecule has 2 aromatic rings. The minimum absolute atomic E-state index is 0.137. The zero-order valence-electron chi connectivity index (χ0n) is 15.7. The van der Waals surface area contributed by atoms with E-state index in [9.17, 15) is 14.4 Å². The van der Waals surface area contributed by atoms with Crippen LogP contribution in [0.4, 0.5) is 0 Å². The molecule has 7 nitrogen and oxygen atoms in total. The fraction of sp³-hybridized carbons (Fsp3) is 0.474. The summed E-state index contributed by atoms with van der Waals surface area (Å²) in [5, 5.41) is 0.137. The third kappa shape index (κ3) is 2.88. The molecule has 1 aliphatic heterocycles. The molecule has 1 aromatic heterocycles. The number of hydrogen-bond donors (Lipinski definition) is 2. The quantitative estimate of drug-likeness (QED) is 0.776. The molecule has 4 N–H and O–H groups in total. The second-order valence-electron chi connectivity index (χ2n) is 7.90. The number of thiazole rings is 1. The van der Waals surface area contributed by atoms with Gasteiger partial charge in [-0.3, -0.25) is 14.4 Å². The fourth-order valence-corrected chi connectivity index (χ4v) is 4.81. The van der Waals surface area contributed by atoms with Crippen molar-refractivity contribution < 1.29 is 14.4 Å². The van der Waals surface area contributed by atoms with E-state index in [2.05, 4.69) is 4.98 Å². The first-order chi connectivity index (χ1) is 12.6. The van der Waals surface area contributed by atoms with Crippen LogP contribution in [0.2, 0.25) is 0 Å². The van der Waals surface area contributed by atoms with Crippen LogP contribution in [0.15, 0.2) is 18.2 Å². The third-order valence-electron chi connectivity index (χ3n) is 5.24. The topological polar surface area (TPSA) is 119 Å². The molecule has 0 spiro atoms. The molecule has 0 saturated carbocycles. The lowest BCUT2D eigenvalue weighted by atomic mass is 9.61. The van der Waals surface area contributed by atoms with E-state index in [1.165, 1.54) is 0 Å². The summed E-state index contributed by atoms with van der Waals surface area (Å²) in [7, 11) is 0. The van der Waals surface area contributed by atoms with Crippen molar-refractivity contribution in [3.63, 3.8) is 0 Å². The molecule has 1 unspecified atom stereocenters. The summed E-state index contributed by atoms with van der Waals surface area (Å²) in [6.07, 6.45) is 1.80. The highest BCUT2D eigenvalue weighted by Gasteiger charge is 2.57. The number of primary amides is 2. The summed E-state index contributed by atoms with van der Waals surface area (Å²) in [6.45, 7) is 6.68. The van der Waals surface area contributed by atoms with Gasteiger partial charge in [0.05, 0.1) is 10.2 Å². The van der Waals surface area contributed by atoms with Crippen molar-refractivity contribution in [3.05, 3.63) is 28.8 Å². The second-order valence-corrected chi connectivity index (χ2v) is 8.93. The molecule has 3 rings (SSSR count). The molecule has 2 heterocycles. The van der Waals surface area contributed by atoms with Gasteiger partial charge in [0.25, 0.3) is 5.91 Å². The van der Waals surface area contributed by atoms with Crippen molar-refractivity contribution in [1.29, 1.82) is 0 Å². The van der Waals surface area contributed by atoms with Gasteiger partial charge in [-0.15, -0.1) is 11.3 Å². The molecule has 27 heavy (non-hydrogen) atoms. The molecule has 1 aromatic carbocycles.